The smallest absolute Gasteiger partial charge is 0.244 e. The number of aromatic amines is 1. The second-order valence-corrected chi connectivity index (χ2v) is 6.47. The van der Waals surface area contributed by atoms with Gasteiger partial charge in [0, 0.05) is 31.9 Å². The Balaban J connectivity index is 1.46. The summed E-state index contributed by atoms with van der Waals surface area (Å²) in [5.41, 5.74) is 2.91. The molecule has 24 heavy (non-hydrogen) atoms. The van der Waals surface area contributed by atoms with E-state index in [-0.39, 0.29) is 6.04 Å². The Labute approximate surface area is 138 Å². The molecule has 0 bridgehead atoms. The van der Waals surface area contributed by atoms with E-state index in [0.29, 0.717) is 17.4 Å². The van der Waals surface area contributed by atoms with Crippen LogP contribution in [0.5, 0.6) is 0 Å². The summed E-state index contributed by atoms with van der Waals surface area (Å²) in [6, 6.07) is 0.0688. The van der Waals surface area contributed by atoms with Crippen molar-refractivity contribution in [1.82, 2.24) is 35.0 Å². The zero-order valence-electron chi connectivity index (χ0n) is 13.1. The van der Waals surface area contributed by atoms with Crippen molar-refractivity contribution >= 4 is 0 Å². The Morgan fingerprint density at radius 2 is 2.21 bits per heavy atom. The lowest BCUT2D eigenvalue weighted by Gasteiger charge is -2.32. The summed E-state index contributed by atoms with van der Waals surface area (Å²) in [7, 11) is 0. The van der Waals surface area contributed by atoms with Gasteiger partial charge in [0.25, 0.3) is 0 Å². The molecule has 0 radical (unpaired) electrons. The van der Waals surface area contributed by atoms with Crippen LogP contribution in [0.1, 0.15) is 36.2 Å². The lowest BCUT2D eigenvalue weighted by Crippen LogP contribution is -2.36. The molecular weight excluding hydrogens is 306 g/mol. The van der Waals surface area contributed by atoms with Crippen LogP contribution in [0.3, 0.4) is 0 Å². The van der Waals surface area contributed by atoms with Gasteiger partial charge in [-0.05, 0) is 18.8 Å². The molecule has 1 atom stereocenters. The maximum atomic E-state index is 5.57. The van der Waals surface area contributed by atoms with Crippen LogP contribution in [0.2, 0.25) is 0 Å². The number of fused-ring (bicyclic) bond motifs is 1. The lowest BCUT2D eigenvalue weighted by molar-refractivity contribution is 0.130. The zero-order valence-corrected chi connectivity index (χ0v) is 13.1. The van der Waals surface area contributed by atoms with E-state index >= 15 is 0 Å². The summed E-state index contributed by atoms with van der Waals surface area (Å²) in [6.45, 7) is 1.91. The Morgan fingerprint density at radius 3 is 3.04 bits per heavy atom. The summed E-state index contributed by atoms with van der Waals surface area (Å²) in [5.74, 6) is 1.90. The van der Waals surface area contributed by atoms with Gasteiger partial charge in [0.1, 0.15) is 5.69 Å². The molecular formula is C16H17N7O. The number of hydrogen-bond donors (Lipinski definition) is 1. The van der Waals surface area contributed by atoms with Crippen LogP contribution in [-0.2, 0) is 13.0 Å². The van der Waals surface area contributed by atoms with Gasteiger partial charge < -0.3 is 9.51 Å². The molecule has 0 aromatic carbocycles. The Bertz CT molecular complexity index is 839. The molecule has 1 fully saturated rings. The number of hydrogen-bond acceptors (Lipinski definition) is 7. The minimum atomic E-state index is 0.0688. The average molecular weight is 323 g/mol. The number of imidazole rings is 1. The van der Waals surface area contributed by atoms with Crippen molar-refractivity contribution in [3.63, 3.8) is 0 Å². The lowest BCUT2D eigenvalue weighted by atomic mass is 10.0. The minimum absolute atomic E-state index is 0.0688. The van der Waals surface area contributed by atoms with Crippen molar-refractivity contribution in [2.75, 3.05) is 6.54 Å². The second-order valence-electron chi connectivity index (χ2n) is 6.47. The predicted octanol–water partition coefficient (Wildman–Crippen LogP) is 1.76. The van der Waals surface area contributed by atoms with E-state index in [1.165, 1.54) is 18.5 Å². The minimum Gasteiger partial charge on any atom is -0.347 e. The fourth-order valence-electron chi connectivity index (χ4n) is 3.24. The highest BCUT2D eigenvalue weighted by atomic mass is 16.5. The quantitative estimate of drug-likeness (QED) is 0.781. The molecule has 3 aromatic rings. The average Bonchev–Trinajstić information content (AvgIpc) is 3.12. The molecule has 2 aliphatic rings. The normalized spacial score (nSPS) is 20.9. The first-order valence-electron chi connectivity index (χ1n) is 8.22. The number of H-pyrrole nitrogens is 1. The number of aromatic nitrogens is 6. The largest absolute Gasteiger partial charge is 0.347 e. The summed E-state index contributed by atoms with van der Waals surface area (Å²) in [6.07, 6.45) is 10.1. The van der Waals surface area contributed by atoms with Gasteiger partial charge in [-0.1, -0.05) is 5.16 Å². The first-order valence-corrected chi connectivity index (χ1v) is 8.22. The van der Waals surface area contributed by atoms with Gasteiger partial charge >= 0.3 is 0 Å². The molecule has 8 nitrogen and oxygen atoms in total. The monoisotopic (exact) mass is 323 g/mol. The van der Waals surface area contributed by atoms with Crippen molar-refractivity contribution < 1.29 is 4.52 Å². The van der Waals surface area contributed by atoms with Gasteiger partial charge in [0.2, 0.25) is 11.7 Å². The van der Waals surface area contributed by atoms with Crippen molar-refractivity contribution in [1.29, 1.82) is 0 Å². The fraction of sp³-hybridized carbons (Fsp3) is 0.438. The number of nitrogens with one attached hydrogen (secondary N) is 1. The van der Waals surface area contributed by atoms with E-state index in [9.17, 15) is 0 Å². The Hall–Kier alpha value is -2.61. The molecule has 8 heteroatoms. The molecule has 0 saturated heterocycles. The molecule has 0 spiro atoms. The van der Waals surface area contributed by atoms with Crippen LogP contribution in [0, 0.1) is 5.92 Å². The molecule has 0 unspecified atom stereocenters. The van der Waals surface area contributed by atoms with Crippen molar-refractivity contribution in [3.05, 3.63) is 42.2 Å². The summed E-state index contributed by atoms with van der Waals surface area (Å²) in [5, 5.41) is 4.09. The molecule has 1 N–H and O–H groups in total. The van der Waals surface area contributed by atoms with Gasteiger partial charge in [0.15, 0.2) is 0 Å². The van der Waals surface area contributed by atoms with Gasteiger partial charge in [-0.25, -0.2) is 9.97 Å². The van der Waals surface area contributed by atoms with Crippen molar-refractivity contribution in [3.8, 4) is 11.5 Å². The predicted molar refractivity (Wildman–Crippen MR) is 83.5 cm³/mol. The van der Waals surface area contributed by atoms with E-state index in [0.717, 1.165) is 31.1 Å². The van der Waals surface area contributed by atoms with Crippen LogP contribution < -0.4 is 0 Å². The van der Waals surface area contributed by atoms with Crippen LogP contribution >= 0.6 is 0 Å². The topological polar surface area (TPSA) is 96.6 Å². The summed E-state index contributed by atoms with van der Waals surface area (Å²) >= 11 is 0. The Morgan fingerprint density at radius 1 is 1.25 bits per heavy atom. The summed E-state index contributed by atoms with van der Waals surface area (Å²) < 4.78 is 5.57. The highest BCUT2D eigenvalue weighted by Gasteiger charge is 2.36. The van der Waals surface area contributed by atoms with E-state index in [1.54, 1.807) is 24.9 Å². The van der Waals surface area contributed by atoms with E-state index in [2.05, 4.69) is 35.0 Å². The molecule has 4 heterocycles. The third-order valence-electron chi connectivity index (χ3n) is 4.70. The van der Waals surface area contributed by atoms with Gasteiger partial charge in [-0.3, -0.25) is 9.88 Å². The van der Waals surface area contributed by atoms with Crippen molar-refractivity contribution in [2.24, 2.45) is 5.92 Å². The number of nitrogens with zero attached hydrogens (tertiary/aromatic N) is 6. The van der Waals surface area contributed by atoms with Gasteiger partial charge in [-0.15, -0.1) is 0 Å². The highest BCUT2D eigenvalue weighted by Crippen LogP contribution is 2.37. The highest BCUT2D eigenvalue weighted by molar-refractivity contribution is 5.45. The van der Waals surface area contributed by atoms with Crippen molar-refractivity contribution in [2.45, 2.75) is 31.8 Å². The number of rotatable bonds is 4. The maximum Gasteiger partial charge on any atom is 0.244 e. The van der Waals surface area contributed by atoms with Crippen LogP contribution in [0.4, 0.5) is 0 Å². The molecule has 1 aliphatic carbocycles. The SMILES string of the molecule is c1cnc(-c2noc([C@@H]3Cc4nc[nH]c4CN3CC3CC3)n2)cn1. The van der Waals surface area contributed by atoms with Crippen LogP contribution in [0.25, 0.3) is 11.5 Å². The first kappa shape index (κ1) is 13.8. The second kappa shape index (κ2) is 5.48. The molecule has 3 aromatic heterocycles. The van der Waals surface area contributed by atoms with Gasteiger partial charge in [-0.2, -0.15) is 4.98 Å². The molecule has 1 aliphatic heterocycles. The third kappa shape index (κ3) is 2.48. The van der Waals surface area contributed by atoms with Crippen LogP contribution in [-0.4, -0.2) is 41.5 Å². The maximum absolute atomic E-state index is 5.57. The molecule has 0 amide bonds. The fourth-order valence-corrected chi connectivity index (χ4v) is 3.24. The van der Waals surface area contributed by atoms with Gasteiger partial charge in [0.05, 0.1) is 30.0 Å². The first-order chi connectivity index (χ1) is 11.9. The summed E-state index contributed by atoms with van der Waals surface area (Å²) in [4.78, 5) is 23.0. The Kier molecular flexibility index (Phi) is 3.15. The third-order valence-corrected chi connectivity index (χ3v) is 4.70. The molecule has 1 saturated carbocycles. The van der Waals surface area contributed by atoms with Crippen LogP contribution in [0.15, 0.2) is 29.4 Å². The van der Waals surface area contributed by atoms with E-state index in [1.807, 2.05) is 0 Å². The standard InChI is InChI=1S/C16H17N7O/c1-2-10(1)7-23-8-13-11(19-9-20-13)5-14(23)16-21-15(22-24-16)12-6-17-3-4-18-12/h3-4,6,9-10,14H,1-2,5,7-8H2,(H,19,20)/t14-/m0/s1. The molecule has 5 rings (SSSR count). The zero-order chi connectivity index (χ0) is 15.9. The molecule has 122 valence electrons. The van der Waals surface area contributed by atoms with E-state index < -0.39 is 0 Å². The van der Waals surface area contributed by atoms with E-state index in [4.69, 9.17) is 4.52 Å².